The van der Waals surface area contributed by atoms with Crippen LogP contribution in [0.15, 0.2) is 24.3 Å². The summed E-state index contributed by atoms with van der Waals surface area (Å²) in [6.07, 6.45) is 6.16. The number of nitrogens with one attached hydrogen (secondary N) is 2. The molecule has 0 radical (unpaired) electrons. The van der Waals surface area contributed by atoms with Gasteiger partial charge in [-0.3, -0.25) is 14.9 Å². The van der Waals surface area contributed by atoms with E-state index < -0.39 is 4.92 Å². The van der Waals surface area contributed by atoms with Gasteiger partial charge in [0.15, 0.2) is 0 Å². The number of piperidine rings is 1. The van der Waals surface area contributed by atoms with Crippen molar-refractivity contribution in [2.24, 2.45) is 5.92 Å². The lowest BCUT2D eigenvalue weighted by molar-refractivity contribution is -0.384. The average molecular weight is 397 g/mol. The number of anilines is 1. The van der Waals surface area contributed by atoms with Crippen molar-refractivity contribution in [3.63, 3.8) is 0 Å². The van der Waals surface area contributed by atoms with Crippen LogP contribution < -0.4 is 10.6 Å². The Kier molecular flexibility index (Phi) is 8.31. The molecular weight excluding hydrogens is 368 g/mol. The number of benzene rings is 1. The van der Waals surface area contributed by atoms with E-state index in [4.69, 9.17) is 0 Å². The van der Waals surface area contributed by atoms with Crippen molar-refractivity contribution in [3.8, 4) is 0 Å². The Labute approximate surface area is 166 Å². The highest BCUT2D eigenvalue weighted by molar-refractivity contribution is 5.85. The summed E-state index contributed by atoms with van der Waals surface area (Å²) < 4.78 is 0. The van der Waals surface area contributed by atoms with Crippen molar-refractivity contribution in [2.45, 2.75) is 44.6 Å². The summed E-state index contributed by atoms with van der Waals surface area (Å²) in [7, 11) is 0. The number of halogens is 1. The molecule has 0 bridgehead atoms. The second kappa shape index (κ2) is 10.5. The van der Waals surface area contributed by atoms with E-state index in [1.807, 2.05) is 4.90 Å². The summed E-state index contributed by atoms with van der Waals surface area (Å²) in [5, 5.41) is 17.5. The molecule has 0 unspecified atom stereocenters. The van der Waals surface area contributed by atoms with Crippen molar-refractivity contribution in [1.82, 2.24) is 10.2 Å². The summed E-state index contributed by atoms with van der Waals surface area (Å²) in [5.74, 6) is 1.13. The lowest BCUT2D eigenvalue weighted by atomic mass is 10.0. The van der Waals surface area contributed by atoms with Crippen LogP contribution in [0.3, 0.4) is 0 Å². The van der Waals surface area contributed by atoms with Crippen LogP contribution in [0.2, 0.25) is 0 Å². The first kappa shape index (κ1) is 21.4. The topological polar surface area (TPSA) is 87.5 Å². The van der Waals surface area contributed by atoms with E-state index in [1.54, 1.807) is 12.1 Å². The van der Waals surface area contributed by atoms with Gasteiger partial charge in [0, 0.05) is 49.9 Å². The van der Waals surface area contributed by atoms with E-state index in [-0.39, 0.29) is 24.0 Å². The van der Waals surface area contributed by atoms with E-state index >= 15 is 0 Å². The van der Waals surface area contributed by atoms with Crippen LogP contribution >= 0.6 is 12.4 Å². The summed E-state index contributed by atoms with van der Waals surface area (Å²) >= 11 is 0. The minimum Gasteiger partial charge on any atom is -0.385 e. The fraction of sp³-hybridized carbons (Fsp3) is 0.632. The molecule has 150 valence electrons. The fourth-order valence-corrected chi connectivity index (χ4v) is 3.32. The Balaban J connectivity index is 0.00000261. The van der Waals surface area contributed by atoms with Gasteiger partial charge in [0.25, 0.3) is 5.69 Å². The van der Waals surface area contributed by atoms with Crippen LogP contribution in [0, 0.1) is 16.0 Å². The predicted molar refractivity (Wildman–Crippen MR) is 108 cm³/mol. The largest absolute Gasteiger partial charge is 0.385 e. The number of hydrogen-bond acceptors (Lipinski definition) is 5. The van der Waals surface area contributed by atoms with Crippen molar-refractivity contribution >= 4 is 29.7 Å². The van der Waals surface area contributed by atoms with Gasteiger partial charge in [-0.05, 0) is 56.7 Å². The molecule has 7 nitrogen and oxygen atoms in total. The summed E-state index contributed by atoms with van der Waals surface area (Å²) in [4.78, 5) is 24.5. The lowest BCUT2D eigenvalue weighted by Gasteiger charge is -2.32. The van der Waals surface area contributed by atoms with Crippen LogP contribution in [-0.4, -0.2) is 48.0 Å². The molecule has 1 saturated carbocycles. The van der Waals surface area contributed by atoms with Crippen LogP contribution in [0.5, 0.6) is 0 Å². The molecule has 0 atom stereocenters. The fourth-order valence-electron chi connectivity index (χ4n) is 3.32. The molecular formula is C19H29ClN4O3. The molecule has 0 aromatic heterocycles. The third-order valence-electron chi connectivity index (χ3n) is 5.21. The first-order valence-corrected chi connectivity index (χ1v) is 9.61. The van der Waals surface area contributed by atoms with Gasteiger partial charge in [-0.15, -0.1) is 12.4 Å². The second-order valence-corrected chi connectivity index (χ2v) is 7.34. The highest BCUT2D eigenvalue weighted by Crippen LogP contribution is 2.28. The first-order chi connectivity index (χ1) is 12.6. The third kappa shape index (κ3) is 6.99. The van der Waals surface area contributed by atoms with Gasteiger partial charge in [-0.25, -0.2) is 0 Å². The SMILES string of the molecule is Cl.O=C(CCCNc1ccc([N+](=O)[O-])cc1)N1CCC(NCC2CC2)CC1. The van der Waals surface area contributed by atoms with Gasteiger partial charge in [-0.1, -0.05) is 0 Å². The smallest absolute Gasteiger partial charge is 0.269 e. The number of nitrogens with zero attached hydrogens (tertiary/aromatic N) is 2. The molecule has 1 aliphatic carbocycles. The van der Waals surface area contributed by atoms with Gasteiger partial charge in [-0.2, -0.15) is 0 Å². The van der Waals surface area contributed by atoms with Crippen molar-refractivity contribution in [3.05, 3.63) is 34.4 Å². The molecule has 1 aliphatic heterocycles. The average Bonchev–Trinajstić information content (AvgIpc) is 3.48. The normalized spacial score (nSPS) is 17.3. The van der Waals surface area contributed by atoms with Gasteiger partial charge in [0.2, 0.25) is 5.91 Å². The number of carbonyl (C=O) groups is 1. The maximum absolute atomic E-state index is 12.3. The highest BCUT2D eigenvalue weighted by Gasteiger charge is 2.25. The zero-order valence-corrected chi connectivity index (χ0v) is 16.4. The molecule has 1 amide bonds. The molecule has 1 aromatic carbocycles. The van der Waals surface area contributed by atoms with Crippen molar-refractivity contribution < 1.29 is 9.72 Å². The molecule has 3 rings (SSSR count). The van der Waals surface area contributed by atoms with Crippen LogP contribution in [0.4, 0.5) is 11.4 Å². The number of carbonyl (C=O) groups excluding carboxylic acids is 1. The summed E-state index contributed by atoms with van der Waals surface area (Å²) in [5.41, 5.74) is 0.923. The third-order valence-corrected chi connectivity index (χ3v) is 5.21. The first-order valence-electron chi connectivity index (χ1n) is 9.61. The maximum atomic E-state index is 12.3. The molecule has 2 N–H and O–H groups in total. The van der Waals surface area contributed by atoms with Gasteiger partial charge in [0.1, 0.15) is 0 Å². The maximum Gasteiger partial charge on any atom is 0.269 e. The second-order valence-electron chi connectivity index (χ2n) is 7.34. The minimum absolute atomic E-state index is 0. The molecule has 2 fully saturated rings. The highest BCUT2D eigenvalue weighted by atomic mass is 35.5. The zero-order chi connectivity index (χ0) is 18.4. The number of hydrogen-bond donors (Lipinski definition) is 2. The Morgan fingerprint density at radius 3 is 2.41 bits per heavy atom. The summed E-state index contributed by atoms with van der Waals surface area (Å²) in [6.45, 7) is 3.55. The van der Waals surface area contributed by atoms with Crippen LogP contribution in [-0.2, 0) is 4.79 Å². The number of non-ortho nitro benzene ring substituents is 1. The Morgan fingerprint density at radius 1 is 1.15 bits per heavy atom. The molecule has 1 saturated heterocycles. The number of nitro groups is 1. The van der Waals surface area contributed by atoms with Crippen LogP contribution in [0.1, 0.15) is 38.5 Å². The molecule has 1 heterocycles. The van der Waals surface area contributed by atoms with Crippen molar-refractivity contribution in [2.75, 3.05) is 31.5 Å². The van der Waals surface area contributed by atoms with Crippen molar-refractivity contribution in [1.29, 1.82) is 0 Å². The van der Waals surface area contributed by atoms with Gasteiger partial charge >= 0.3 is 0 Å². The van der Waals surface area contributed by atoms with E-state index in [9.17, 15) is 14.9 Å². The lowest BCUT2D eigenvalue weighted by Crippen LogP contribution is -2.45. The monoisotopic (exact) mass is 396 g/mol. The van der Waals surface area contributed by atoms with E-state index in [0.29, 0.717) is 19.0 Å². The molecule has 2 aliphatic rings. The number of likely N-dealkylation sites (tertiary alicyclic amines) is 1. The molecule has 1 aromatic rings. The minimum atomic E-state index is -0.410. The molecule has 8 heteroatoms. The Bertz CT molecular complexity index is 614. The number of rotatable bonds is 9. The number of nitro benzene ring substituents is 1. The van der Waals surface area contributed by atoms with E-state index in [2.05, 4.69) is 10.6 Å². The Hall–Kier alpha value is -1.86. The standard InChI is InChI=1S/C19H28N4O3.ClH/c24-19(22-12-9-17(10-13-22)21-14-15-3-4-15)2-1-11-20-16-5-7-18(8-6-16)23(25)26;/h5-8,15,17,20-21H,1-4,9-14H2;1H. The van der Waals surface area contributed by atoms with E-state index in [0.717, 1.165) is 50.5 Å². The van der Waals surface area contributed by atoms with E-state index in [1.165, 1.54) is 25.0 Å². The van der Waals surface area contributed by atoms with Gasteiger partial charge in [0.05, 0.1) is 4.92 Å². The summed E-state index contributed by atoms with van der Waals surface area (Å²) in [6, 6.07) is 6.92. The Morgan fingerprint density at radius 2 is 1.81 bits per heavy atom. The quantitative estimate of drug-likeness (QED) is 0.380. The zero-order valence-electron chi connectivity index (χ0n) is 15.6. The van der Waals surface area contributed by atoms with Crippen LogP contribution in [0.25, 0.3) is 0 Å². The van der Waals surface area contributed by atoms with Gasteiger partial charge < -0.3 is 15.5 Å². The number of amides is 1. The molecule has 27 heavy (non-hydrogen) atoms. The predicted octanol–water partition coefficient (Wildman–Crippen LogP) is 3.20. The molecule has 0 spiro atoms.